The Morgan fingerprint density at radius 2 is 2.17 bits per heavy atom. The van der Waals surface area contributed by atoms with E-state index >= 15 is 4.39 Å². The summed E-state index contributed by atoms with van der Waals surface area (Å²) in [5, 5.41) is 12.6. The number of carboxylic acid groups (broad SMARTS) is 1. The molecular formula is C27H32ClFN2O3S2. The molecule has 36 heavy (non-hydrogen) atoms. The number of benzene rings is 1. The number of fused-ring (bicyclic) bond motifs is 1. The number of alkyl halides is 1. The topological polar surface area (TPSA) is 62.7 Å². The van der Waals surface area contributed by atoms with Crippen LogP contribution in [0.3, 0.4) is 0 Å². The van der Waals surface area contributed by atoms with Gasteiger partial charge in [0.05, 0.1) is 28.3 Å². The highest BCUT2D eigenvalue weighted by Gasteiger charge is 2.37. The second-order valence-corrected chi connectivity index (χ2v) is 12.2. The van der Waals surface area contributed by atoms with Crippen LogP contribution >= 0.6 is 34.7 Å². The standard InChI is InChI=1S/C27H32ClFN2O3S2/c1-34-19-5-6-23-20(16-19)26(21(28)18-30-23)22(29)7-8-27(17-24(32)33)9-12-31(13-10-27)11-3-15-36-25-4-2-14-35-25/h2,4-6,14,16,18,22H,3,7-13,15,17H2,1H3,(H,32,33)/t22-/m1/s1. The highest BCUT2D eigenvalue weighted by Crippen LogP contribution is 2.44. The Bertz CT molecular complexity index is 1150. The number of methoxy groups -OCH3 is 1. The van der Waals surface area contributed by atoms with Crippen molar-refractivity contribution in [2.75, 3.05) is 32.5 Å². The van der Waals surface area contributed by atoms with Crippen molar-refractivity contribution in [3.05, 3.63) is 52.5 Å². The molecule has 1 atom stereocenters. The Morgan fingerprint density at radius 1 is 1.36 bits per heavy atom. The van der Waals surface area contributed by atoms with Crippen LogP contribution < -0.4 is 4.74 Å². The third kappa shape index (κ3) is 6.91. The molecule has 3 aromatic rings. The van der Waals surface area contributed by atoms with E-state index in [4.69, 9.17) is 16.3 Å². The number of aromatic nitrogens is 1. The number of hydrogen-bond donors (Lipinski definition) is 1. The summed E-state index contributed by atoms with van der Waals surface area (Å²) in [5.74, 6) is 0.874. The van der Waals surface area contributed by atoms with Crippen LogP contribution in [0.4, 0.5) is 4.39 Å². The molecule has 0 saturated carbocycles. The predicted molar refractivity (Wildman–Crippen MR) is 146 cm³/mol. The smallest absolute Gasteiger partial charge is 0.303 e. The zero-order valence-corrected chi connectivity index (χ0v) is 22.8. The number of hydrogen-bond acceptors (Lipinski definition) is 6. The molecule has 1 saturated heterocycles. The maximum atomic E-state index is 15.7. The van der Waals surface area contributed by atoms with E-state index in [2.05, 4.69) is 27.4 Å². The fraction of sp³-hybridized carbons (Fsp3) is 0.481. The first-order chi connectivity index (χ1) is 17.4. The summed E-state index contributed by atoms with van der Waals surface area (Å²) in [6, 6.07) is 9.56. The molecule has 1 aliphatic heterocycles. The minimum absolute atomic E-state index is 0.0699. The molecule has 1 fully saturated rings. The predicted octanol–water partition coefficient (Wildman–Crippen LogP) is 7.49. The number of thioether (sulfide) groups is 1. The van der Waals surface area contributed by atoms with Gasteiger partial charge in [0.15, 0.2) is 0 Å². The van der Waals surface area contributed by atoms with Crippen LogP contribution in [-0.4, -0.2) is 53.5 Å². The second kappa shape index (κ2) is 12.6. The van der Waals surface area contributed by atoms with Crippen LogP contribution in [0.2, 0.25) is 5.02 Å². The summed E-state index contributed by atoms with van der Waals surface area (Å²) < 4.78 is 22.4. The molecule has 0 spiro atoms. The van der Waals surface area contributed by atoms with Gasteiger partial charge in [-0.1, -0.05) is 17.7 Å². The second-order valence-electron chi connectivity index (χ2n) is 9.46. The molecular weight excluding hydrogens is 519 g/mol. The van der Waals surface area contributed by atoms with Gasteiger partial charge in [0.25, 0.3) is 0 Å². The molecule has 2 aromatic heterocycles. The summed E-state index contributed by atoms with van der Waals surface area (Å²) >= 11 is 10.1. The van der Waals surface area contributed by atoms with Crippen LogP contribution in [0, 0.1) is 5.41 Å². The zero-order valence-electron chi connectivity index (χ0n) is 20.4. The number of carboxylic acids is 1. The number of rotatable bonds is 12. The number of ether oxygens (including phenoxy) is 1. The van der Waals surface area contributed by atoms with Crippen molar-refractivity contribution in [2.45, 2.75) is 48.9 Å². The Hall–Kier alpha value is -1.87. The van der Waals surface area contributed by atoms with Crippen molar-refractivity contribution >= 4 is 51.6 Å². The van der Waals surface area contributed by atoms with E-state index in [9.17, 15) is 9.90 Å². The summed E-state index contributed by atoms with van der Waals surface area (Å²) in [6.45, 7) is 2.71. The fourth-order valence-corrected chi connectivity index (χ4v) is 7.14. The van der Waals surface area contributed by atoms with E-state index < -0.39 is 17.6 Å². The van der Waals surface area contributed by atoms with Crippen molar-refractivity contribution in [2.24, 2.45) is 5.41 Å². The van der Waals surface area contributed by atoms with Crippen LogP contribution in [0.1, 0.15) is 50.3 Å². The molecule has 1 aromatic carbocycles. The molecule has 5 nitrogen and oxygen atoms in total. The van der Waals surface area contributed by atoms with Crippen molar-refractivity contribution in [3.63, 3.8) is 0 Å². The molecule has 1 N–H and O–H groups in total. The van der Waals surface area contributed by atoms with Crippen molar-refractivity contribution in [1.29, 1.82) is 0 Å². The lowest BCUT2D eigenvalue weighted by Gasteiger charge is -2.41. The number of piperidine rings is 1. The first-order valence-electron chi connectivity index (χ1n) is 12.3. The zero-order chi connectivity index (χ0) is 25.5. The number of nitrogens with zero attached hydrogens (tertiary/aromatic N) is 2. The van der Waals surface area contributed by atoms with Gasteiger partial charge in [-0.25, -0.2) is 4.39 Å². The van der Waals surface area contributed by atoms with Gasteiger partial charge < -0.3 is 14.7 Å². The van der Waals surface area contributed by atoms with Crippen LogP contribution in [0.15, 0.2) is 46.1 Å². The van der Waals surface area contributed by atoms with Crippen molar-refractivity contribution < 1.29 is 19.0 Å². The monoisotopic (exact) mass is 550 g/mol. The lowest BCUT2D eigenvalue weighted by Crippen LogP contribution is -2.41. The third-order valence-corrected chi connectivity index (χ3v) is 9.63. The van der Waals surface area contributed by atoms with Gasteiger partial charge in [0.1, 0.15) is 11.9 Å². The van der Waals surface area contributed by atoms with E-state index in [0.717, 1.165) is 44.6 Å². The lowest BCUT2D eigenvalue weighted by atomic mass is 9.71. The summed E-state index contributed by atoms with van der Waals surface area (Å²) in [5.41, 5.74) is 0.668. The summed E-state index contributed by atoms with van der Waals surface area (Å²) in [7, 11) is 1.57. The van der Waals surface area contributed by atoms with Gasteiger partial charge in [-0.3, -0.25) is 9.78 Å². The largest absolute Gasteiger partial charge is 0.497 e. The van der Waals surface area contributed by atoms with Crippen LogP contribution in [-0.2, 0) is 4.79 Å². The molecule has 0 bridgehead atoms. The number of carbonyl (C=O) groups is 1. The third-order valence-electron chi connectivity index (χ3n) is 7.11. The van der Waals surface area contributed by atoms with E-state index in [1.165, 1.54) is 10.4 Å². The van der Waals surface area contributed by atoms with E-state index in [1.54, 1.807) is 36.6 Å². The van der Waals surface area contributed by atoms with Crippen molar-refractivity contribution in [1.82, 2.24) is 9.88 Å². The normalized spacial score (nSPS) is 16.8. The Morgan fingerprint density at radius 3 is 2.86 bits per heavy atom. The number of likely N-dealkylation sites (tertiary alicyclic amines) is 1. The van der Waals surface area contributed by atoms with Gasteiger partial charge >= 0.3 is 5.97 Å². The average molecular weight is 551 g/mol. The van der Waals surface area contributed by atoms with E-state index in [-0.39, 0.29) is 17.9 Å². The first kappa shape index (κ1) is 27.2. The van der Waals surface area contributed by atoms with Gasteiger partial charge in [0, 0.05) is 22.9 Å². The SMILES string of the molecule is COc1ccc2ncc(Cl)c([C@H](F)CCC3(CC(=O)O)CCN(CCCSc4cccs4)CC3)c2c1. The molecule has 194 valence electrons. The lowest BCUT2D eigenvalue weighted by molar-refractivity contribution is -0.141. The van der Waals surface area contributed by atoms with Gasteiger partial charge in [-0.05, 0) is 86.8 Å². The quantitative estimate of drug-likeness (QED) is 0.186. The molecule has 0 amide bonds. The van der Waals surface area contributed by atoms with Crippen LogP contribution in [0.5, 0.6) is 5.75 Å². The summed E-state index contributed by atoms with van der Waals surface area (Å²) in [4.78, 5) is 18.5. The maximum absolute atomic E-state index is 15.7. The summed E-state index contributed by atoms with van der Waals surface area (Å²) in [6.07, 6.45) is 3.60. The minimum atomic E-state index is -1.31. The molecule has 9 heteroatoms. The highest BCUT2D eigenvalue weighted by atomic mass is 35.5. The van der Waals surface area contributed by atoms with Crippen molar-refractivity contribution in [3.8, 4) is 5.75 Å². The maximum Gasteiger partial charge on any atom is 0.303 e. The minimum Gasteiger partial charge on any atom is -0.497 e. The van der Waals surface area contributed by atoms with Gasteiger partial charge in [0.2, 0.25) is 0 Å². The molecule has 0 radical (unpaired) electrons. The first-order valence-corrected chi connectivity index (χ1v) is 14.5. The van der Waals surface area contributed by atoms with E-state index in [0.29, 0.717) is 28.6 Å². The number of aliphatic carboxylic acids is 1. The fourth-order valence-electron chi connectivity index (χ4n) is 5.08. The Labute approximate surface area is 225 Å². The number of thiophene rings is 1. The highest BCUT2D eigenvalue weighted by molar-refractivity contribution is 8.01. The average Bonchev–Trinajstić information content (AvgIpc) is 3.39. The Kier molecular flexibility index (Phi) is 9.50. The van der Waals surface area contributed by atoms with Gasteiger partial charge in [-0.2, -0.15) is 0 Å². The Balaban J connectivity index is 1.37. The van der Waals surface area contributed by atoms with E-state index in [1.807, 2.05) is 11.8 Å². The molecule has 3 heterocycles. The van der Waals surface area contributed by atoms with Gasteiger partial charge in [-0.15, -0.1) is 23.1 Å². The number of pyridine rings is 1. The molecule has 1 aliphatic rings. The van der Waals surface area contributed by atoms with Crippen LogP contribution in [0.25, 0.3) is 10.9 Å². The number of halogens is 2. The molecule has 4 rings (SSSR count). The molecule has 0 aliphatic carbocycles. The molecule has 0 unspecified atom stereocenters.